The molecule has 0 fully saturated rings. The summed E-state index contributed by atoms with van der Waals surface area (Å²) in [5.74, 6) is -0.700. The minimum absolute atomic E-state index is 0.101. The molecule has 1 unspecified atom stereocenters. The van der Waals surface area contributed by atoms with Crippen LogP contribution >= 0.6 is 0 Å². The molecule has 1 atom stereocenters. The van der Waals surface area contributed by atoms with Gasteiger partial charge in [-0.15, -0.1) is 0 Å². The van der Waals surface area contributed by atoms with Gasteiger partial charge in [-0.05, 0) is 33.4 Å². The first-order valence-corrected chi connectivity index (χ1v) is 14.6. The molecule has 202 valence electrons. The third-order valence-corrected chi connectivity index (χ3v) is 6.89. The molecule has 0 saturated carbocycles. The van der Waals surface area contributed by atoms with Crippen molar-refractivity contribution in [2.45, 2.75) is 154 Å². The van der Waals surface area contributed by atoms with Crippen molar-refractivity contribution in [1.82, 2.24) is 10.2 Å². The van der Waals surface area contributed by atoms with E-state index in [1.807, 2.05) is 0 Å². The van der Waals surface area contributed by atoms with Gasteiger partial charge in [0.15, 0.2) is 0 Å². The number of carboxylic acids is 1. The van der Waals surface area contributed by atoms with Crippen LogP contribution in [-0.4, -0.2) is 48.6 Å². The summed E-state index contributed by atoms with van der Waals surface area (Å²) in [5, 5.41) is 12.1. The van der Waals surface area contributed by atoms with Crippen LogP contribution < -0.4 is 5.32 Å². The van der Waals surface area contributed by atoms with Gasteiger partial charge in [-0.3, -0.25) is 14.5 Å². The smallest absolute Gasteiger partial charge is 0.320 e. The number of likely N-dealkylation sites (N-methyl/N-ethyl adjacent to an activating group) is 1. The maximum absolute atomic E-state index is 11.9. The largest absolute Gasteiger partial charge is 0.480 e. The van der Waals surface area contributed by atoms with E-state index in [1.165, 1.54) is 109 Å². The summed E-state index contributed by atoms with van der Waals surface area (Å²) in [5.41, 5.74) is 0. The molecule has 0 rings (SSSR count). The van der Waals surface area contributed by atoms with Crippen molar-refractivity contribution in [2.24, 2.45) is 0 Å². The van der Waals surface area contributed by atoms with E-state index in [-0.39, 0.29) is 5.91 Å². The van der Waals surface area contributed by atoms with Gasteiger partial charge in [0.1, 0.15) is 6.04 Å². The maximum Gasteiger partial charge on any atom is 0.320 e. The first-order chi connectivity index (χ1) is 16.5. The van der Waals surface area contributed by atoms with Crippen molar-refractivity contribution in [1.29, 1.82) is 0 Å². The molecule has 0 aliphatic heterocycles. The van der Waals surface area contributed by atoms with Crippen LogP contribution in [0.4, 0.5) is 0 Å². The van der Waals surface area contributed by atoms with Gasteiger partial charge in [-0.1, -0.05) is 122 Å². The fourth-order valence-electron chi connectivity index (χ4n) is 4.58. The van der Waals surface area contributed by atoms with Gasteiger partial charge in [0.2, 0.25) is 5.91 Å². The molecule has 0 saturated heterocycles. The Kier molecular flexibility index (Phi) is 24.2. The second-order valence-corrected chi connectivity index (χ2v) is 10.4. The highest BCUT2D eigenvalue weighted by atomic mass is 16.4. The first kappa shape index (κ1) is 32.9. The lowest BCUT2D eigenvalue weighted by Crippen LogP contribution is -2.36. The molecule has 0 aromatic rings. The van der Waals surface area contributed by atoms with Crippen LogP contribution in [0.5, 0.6) is 0 Å². The molecular weight excluding hydrogens is 424 g/mol. The molecule has 0 aromatic carbocycles. The normalized spacial score (nSPS) is 12.2. The highest BCUT2D eigenvalue weighted by Gasteiger charge is 2.18. The fraction of sp³-hybridized carbons (Fsp3) is 0.931. The van der Waals surface area contributed by atoms with Gasteiger partial charge in [0, 0.05) is 13.0 Å². The first-order valence-electron chi connectivity index (χ1n) is 14.6. The highest BCUT2D eigenvalue weighted by Crippen LogP contribution is 2.14. The van der Waals surface area contributed by atoms with Crippen molar-refractivity contribution in [3.8, 4) is 0 Å². The summed E-state index contributed by atoms with van der Waals surface area (Å²) in [4.78, 5) is 24.7. The standard InChI is InChI=1S/C29H58N2O3/c1-4-5-6-7-8-9-10-11-12-13-14-15-16-17-18-19-20-21-22-25-28(32)30-26-23-24-27(29(33)34)31(2)3/h27H,4-26H2,1-3H3,(H,30,32)(H,33,34). The molecule has 0 radical (unpaired) electrons. The van der Waals surface area contributed by atoms with Crippen LogP contribution in [0.1, 0.15) is 148 Å². The Bertz CT molecular complexity index is 468. The Morgan fingerprint density at radius 3 is 1.38 bits per heavy atom. The van der Waals surface area contributed by atoms with Crippen LogP contribution in [0.25, 0.3) is 0 Å². The molecule has 2 N–H and O–H groups in total. The number of carboxylic acid groups (broad SMARTS) is 1. The third-order valence-electron chi connectivity index (χ3n) is 6.89. The molecule has 1 amide bonds. The van der Waals surface area contributed by atoms with Crippen LogP contribution in [0, 0.1) is 0 Å². The number of aliphatic carboxylic acids is 1. The van der Waals surface area contributed by atoms with Crippen LogP contribution in [0.2, 0.25) is 0 Å². The number of nitrogens with one attached hydrogen (secondary N) is 1. The van der Waals surface area contributed by atoms with Gasteiger partial charge in [0.25, 0.3) is 0 Å². The van der Waals surface area contributed by atoms with E-state index in [1.54, 1.807) is 19.0 Å². The van der Waals surface area contributed by atoms with Gasteiger partial charge in [0.05, 0.1) is 0 Å². The van der Waals surface area contributed by atoms with Crippen LogP contribution in [0.15, 0.2) is 0 Å². The predicted molar refractivity (Wildman–Crippen MR) is 145 cm³/mol. The van der Waals surface area contributed by atoms with E-state index < -0.39 is 12.0 Å². The fourth-order valence-corrected chi connectivity index (χ4v) is 4.58. The van der Waals surface area contributed by atoms with E-state index in [4.69, 9.17) is 5.11 Å². The number of unbranched alkanes of at least 4 members (excludes halogenated alkanes) is 18. The molecule has 0 bridgehead atoms. The number of carbonyl (C=O) groups is 2. The molecule has 34 heavy (non-hydrogen) atoms. The molecule has 0 aliphatic rings. The van der Waals surface area contributed by atoms with E-state index >= 15 is 0 Å². The average Bonchev–Trinajstić information content (AvgIpc) is 2.80. The number of amides is 1. The number of carbonyl (C=O) groups excluding carboxylic acids is 1. The minimum atomic E-state index is -0.801. The van der Waals surface area contributed by atoms with E-state index in [0.29, 0.717) is 25.8 Å². The summed E-state index contributed by atoms with van der Waals surface area (Å²) >= 11 is 0. The quantitative estimate of drug-likeness (QED) is 0.124. The van der Waals surface area contributed by atoms with Crippen molar-refractivity contribution in [3.63, 3.8) is 0 Å². The predicted octanol–water partition coefficient (Wildman–Crippen LogP) is 7.72. The lowest BCUT2D eigenvalue weighted by atomic mass is 10.0. The summed E-state index contributed by atoms with van der Waals surface area (Å²) in [6.45, 7) is 2.85. The Morgan fingerprint density at radius 2 is 1.03 bits per heavy atom. The van der Waals surface area contributed by atoms with E-state index in [9.17, 15) is 9.59 Å². The lowest BCUT2D eigenvalue weighted by Gasteiger charge is -2.19. The minimum Gasteiger partial charge on any atom is -0.480 e. The number of hydrogen-bond donors (Lipinski definition) is 2. The SMILES string of the molecule is CCCCCCCCCCCCCCCCCCCCCC(=O)NCCCC(C(=O)O)N(C)C. The third kappa shape index (κ3) is 22.7. The molecular formula is C29H58N2O3. The zero-order chi connectivity index (χ0) is 25.3. The lowest BCUT2D eigenvalue weighted by molar-refractivity contribution is -0.142. The summed E-state index contributed by atoms with van der Waals surface area (Å²) < 4.78 is 0. The molecule has 5 heteroatoms. The molecule has 0 spiro atoms. The van der Waals surface area contributed by atoms with Gasteiger partial charge in [-0.25, -0.2) is 0 Å². The summed E-state index contributed by atoms with van der Waals surface area (Å²) in [6, 6.07) is -0.475. The summed E-state index contributed by atoms with van der Waals surface area (Å²) in [7, 11) is 3.55. The second-order valence-electron chi connectivity index (χ2n) is 10.4. The van der Waals surface area contributed by atoms with Crippen molar-refractivity contribution < 1.29 is 14.7 Å². The zero-order valence-corrected chi connectivity index (χ0v) is 23.1. The average molecular weight is 483 g/mol. The maximum atomic E-state index is 11.9. The summed E-state index contributed by atoms with van der Waals surface area (Å²) in [6.07, 6.45) is 27.6. The van der Waals surface area contributed by atoms with Crippen molar-refractivity contribution in [2.75, 3.05) is 20.6 Å². The Labute approximate surface area is 211 Å². The van der Waals surface area contributed by atoms with Crippen LogP contribution in [-0.2, 0) is 9.59 Å². The molecule has 5 nitrogen and oxygen atoms in total. The number of nitrogens with zero attached hydrogens (tertiary/aromatic N) is 1. The van der Waals surface area contributed by atoms with Gasteiger partial charge < -0.3 is 10.4 Å². The van der Waals surface area contributed by atoms with Crippen molar-refractivity contribution in [3.05, 3.63) is 0 Å². The van der Waals surface area contributed by atoms with E-state index in [0.717, 1.165) is 12.8 Å². The Balaban J connectivity index is 3.27. The van der Waals surface area contributed by atoms with Crippen molar-refractivity contribution >= 4 is 11.9 Å². The topological polar surface area (TPSA) is 69.6 Å². The van der Waals surface area contributed by atoms with Gasteiger partial charge in [-0.2, -0.15) is 0 Å². The second kappa shape index (κ2) is 25.0. The van der Waals surface area contributed by atoms with E-state index in [2.05, 4.69) is 12.2 Å². The molecule has 0 aliphatic carbocycles. The Hall–Kier alpha value is -1.10. The zero-order valence-electron chi connectivity index (χ0n) is 23.1. The monoisotopic (exact) mass is 482 g/mol. The highest BCUT2D eigenvalue weighted by molar-refractivity contribution is 5.75. The molecule has 0 aromatic heterocycles. The van der Waals surface area contributed by atoms with Crippen LogP contribution in [0.3, 0.4) is 0 Å². The molecule has 0 heterocycles. The van der Waals surface area contributed by atoms with Gasteiger partial charge >= 0.3 is 5.97 Å². The number of hydrogen-bond acceptors (Lipinski definition) is 3. The Morgan fingerprint density at radius 1 is 0.647 bits per heavy atom. The number of rotatable bonds is 26.